The van der Waals surface area contributed by atoms with Gasteiger partial charge in [0.2, 0.25) is 11.0 Å². The van der Waals surface area contributed by atoms with E-state index in [-0.39, 0.29) is 11.8 Å². The summed E-state index contributed by atoms with van der Waals surface area (Å²) in [7, 11) is 0. The maximum Gasteiger partial charge on any atom is 0.241 e. The molecular formula is C5H6ClN3OS. The molecule has 0 aliphatic carbocycles. The van der Waals surface area contributed by atoms with Crippen LogP contribution in [-0.2, 0) is 4.79 Å². The second-order valence-corrected chi connectivity index (χ2v) is 3.26. The number of hydrogen-bond donors (Lipinski definition) is 1. The summed E-state index contributed by atoms with van der Waals surface area (Å²) < 4.78 is 0. The van der Waals surface area contributed by atoms with Gasteiger partial charge in [-0.15, -0.1) is 21.8 Å². The molecule has 1 amide bonds. The minimum absolute atomic E-state index is 0.0569. The Balaban J connectivity index is 2.57. The van der Waals surface area contributed by atoms with Crippen molar-refractivity contribution >= 4 is 34.0 Å². The van der Waals surface area contributed by atoms with Gasteiger partial charge in [-0.2, -0.15) is 0 Å². The van der Waals surface area contributed by atoms with Gasteiger partial charge in [0.25, 0.3) is 0 Å². The summed E-state index contributed by atoms with van der Waals surface area (Å²) in [6, 6.07) is 0. The van der Waals surface area contributed by atoms with Crippen LogP contribution >= 0.6 is 22.9 Å². The molecule has 60 valence electrons. The molecule has 1 N–H and O–H groups in total. The lowest BCUT2D eigenvalue weighted by molar-refractivity contribution is -0.113. The summed E-state index contributed by atoms with van der Waals surface area (Å²) in [5, 5.41) is 11.2. The molecule has 0 aliphatic rings. The number of nitrogens with zero attached hydrogens (tertiary/aromatic N) is 2. The molecule has 1 rings (SSSR count). The number of halogens is 1. The first-order valence-electron chi connectivity index (χ1n) is 2.88. The quantitative estimate of drug-likeness (QED) is 0.711. The van der Waals surface area contributed by atoms with Crippen LogP contribution in [0.15, 0.2) is 0 Å². The molecule has 0 bridgehead atoms. The van der Waals surface area contributed by atoms with Gasteiger partial charge in [-0.25, -0.2) is 0 Å². The zero-order valence-electron chi connectivity index (χ0n) is 5.80. The van der Waals surface area contributed by atoms with Crippen molar-refractivity contribution in [2.45, 2.75) is 6.92 Å². The van der Waals surface area contributed by atoms with Gasteiger partial charge in [0.05, 0.1) is 0 Å². The highest BCUT2D eigenvalue weighted by Gasteiger charge is 2.03. The molecule has 0 radical (unpaired) electrons. The normalized spacial score (nSPS) is 9.64. The van der Waals surface area contributed by atoms with Crippen molar-refractivity contribution in [1.29, 1.82) is 0 Å². The van der Waals surface area contributed by atoms with E-state index in [1.165, 1.54) is 11.3 Å². The van der Waals surface area contributed by atoms with E-state index >= 15 is 0 Å². The predicted molar refractivity (Wildman–Crippen MR) is 44.0 cm³/mol. The van der Waals surface area contributed by atoms with Crippen LogP contribution in [-0.4, -0.2) is 22.0 Å². The smallest absolute Gasteiger partial charge is 0.241 e. The first-order valence-corrected chi connectivity index (χ1v) is 4.23. The summed E-state index contributed by atoms with van der Waals surface area (Å²) in [6.07, 6.45) is 0. The van der Waals surface area contributed by atoms with E-state index in [2.05, 4.69) is 15.5 Å². The Morgan fingerprint density at radius 1 is 1.73 bits per heavy atom. The molecule has 0 aliphatic heterocycles. The van der Waals surface area contributed by atoms with Gasteiger partial charge in [0, 0.05) is 0 Å². The van der Waals surface area contributed by atoms with Gasteiger partial charge in [0.15, 0.2) is 0 Å². The van der Waals surface area contributed by atoms with Crippen LogP contribution in [0, 0.1) is 6.92 Å². The molecule has 0 aromatic carbocycles. The minimum Gasteiger partial charge on any atom is -0.299 e. The molecule has 4 nitrogen and oxygen atoms in total. The van der Waals surface area contributed by atoms with Crippen molar-refractivity contribution < 1.29 is 4.79 Å². The monoisotopic (exact) mass is 191 g/mol. The fourth-order valence-electron chi connectivity index (χ4n) is 0.500. The summed E-state index contributed by atoms with van der Waals surface area (Å²) in [5.74, 6) is -0.318. The number of nitrogens with one attached hydrogen (secondary N) is 1. The second-order valence-electron chi connectivity index (χ2n) is 1.81. The van der Waals surface area contributed by atoms with E-state index in [4.69, 9.17) is 11.6 Å². The van der Waals surface area contributed by atoms with Crippen LogP contribution in [0.25, 0.3) is 0 Å². The van der Waals surface area contributed by atoms with E-state index in [1.54, 1.807) is 0 Å². The van der Waals surface area contributed by atoms with Gasteiger partial charge in [-0.05, 0) is 6.92 Å². The first kappa shape index (κ1) is 8.42. The van der Waals surface area contributed by atoms with Gasteiger partial charge < -0.3 is 0 Å². The maximum atomic E-state index is 10.7. The lowest BCUT2D eigenvalue weighted by Gasteiger charge is -1.92. The number of rotatable bonds is 2. The van der Waals surface area contributed by atoms with Crippen molar-refractivity contribution in [3.63, 3.8) is 0 Å². The zero-order chi connectivity index (χ0) is 8.27. The predicted octanol–water partition coefficient (Wildman–Crippen LogP) is 1.02. The molecule has 0 spiro atoms. The molecule has 0 fully saturated rings. The van der Waals surface area contributed by atoms with Crippen molar-refractivity contribution in [2.24, 2.45) is 0 Å². The molecule has 0 saturated carbocycles. The van der Waals surface area contributed by atoms with Crippen LogP contribution in [0.2, 0.25) is 0 Å². The summed E-state index contributed by atoms with van der Waals surface area (Å²) >= 11 is 6.57. The molecule has 11 heavy (non-hydrogen) atoms. The highest BCUT2D eigenvalue weighted by molar-refractivity contribution is 7.15. The Hall–Kier alpha value is -0.680. The van der Waals surface area contributed by atoms with E-state index in [0.29, 0.717) is 5.13 Å². The first-order chi connectivity index (χ1) is 5.22. The summed E-state index contributed by atoms with van der Waals surface area (Å²) in [4.78, 5) is 10.7. The highest BCUT2D eigenvalue weighted by Crippen LogP contribution is 2.13. The molecule has 1 heterocycles. The van der Waals surface area contributed by atoms with E-state index in [1.807, 2.05) is 6.92 Å². The van der Waals surface area contributed by atoms with Crippen molar-refractivity contribution in [3.8, 4) is 0 Å². The highest BCUT2D eigenvalue weighted by atomic mass is 35.5. The Bertz CT molecular complexity index is 262. The second kappa shape index (κ2) is 3.64. The SMILES string of the molecule is Cc1nnc(NC(=O)CCl)s1. The third kappa shape index (κ3) is 2.44. The fourth-order valence-corrected chi connectivity index (χ4v) is 1.17. The third-order valence-electron chi connectivity index (χ3n) is 0.894. The van der Waals surface area contributed by atoms with E-state index in [0.717, 1.165) is 5.01 Å². The average molecular weight is 192 g/mol. The Morgan fingerprint density at radius 2 is 2.45 bits per heavy atom. The largest absolute Gasteiger partial charge is 0.299 e. The zero-order valence-corrected chi connectivity index (χ0v) is 7.37. The van der Waals surface area contributed by atoms with Gasteiger partial charge in [-0.3, -0.25) is 10.1 Å². The molecule has 0 saturated heterocycles. The molecule has 1 aromatic heterocycles. The Morgan fingerprint density at radius 3 is 2.91 bits per heavy atom. The lowest BCUT2D eigenvalue weighted by atomic mass is 10.7. The van der Waals surface area contributed by atoms with Gasteiger partial charge >= 0.3 is 0 Å². The lowest BCUT2D eigenvalue weighted by Crippen LogP contribution is -2.12. The van der Waals surface area contributed by atoms with Crippen LogP contribution < -0.4 is 5.32 Å². The van der Waals surface area contributed by atoms with Crippen LogP contribution in [0.5, 0.6) is 0 Å². The average Bonchev–Trinajstić information content (AvgIpc) is 2.35. The topological polar surface area (TPSA) is 54.9 Å². The number of alkyl halides is 1. The van der Waals surface area contributed by atoms with Gasteiger partial charge in [-0.1, -0.05) is 11.3 Å². The number of carbonyl (C=O) groups is 1. The summed E-state index contributed by atoms with van der Waals surface area (Å²) in [6.45, 7) is 1.81. The molecule has 1 aromatic rings. The van der Waals surface area contributed by atoms with E-state index < -0.39 is 0 Å². The standard InChI is InChI=1S/C5H6ClN3OS/c1-3-8-9-5(11-3)7-4(10)2-6/h2H2,1H3,(H,7,9,10). The number of hydrogen-bond acceptors (Lipinski definition) is 4. The molecule has 0 atom stereocenters. The number of anilines is 1. The summed E-state index contributed by atoms with van der Waals surface area (Å²) in [5.41, 5.74) is 0. The molecular weight excluding hydrogens is 186 g/mol. The number of amides is 1. The number of carbonyl (C=O) groups excluding carboxylic acids is 1. The third-order valence-corrected chi connectivity index (χ3v) is 1.89. The maximum absolute atomic E-state index is 10.7. The minimum atomic E-state index is -0.261. The molecule has 6 heteroatoms. The van der Waals surface area contributed by atoms with Crippen molar-refractivity contribution in [2.75, 3.05) is 11.2 Å². The van der Waals surface area contributed by atoms with Crippen LogP contribution in [0.1, 0.15) is 5.01 Å². The Labute approximate surface area is 72.6 Å². The van der Waals surface area contributed by atoms with Crippen molar-refractivity contribution in [1.82, 2.24) is 10.2 Å². The van der Waals surface area contributed by atoms with Crippen LogP contribution in [0.4, 0.5) is 5.13 Å². The van der Waals surface area contributed by atoms with Crippen molar-refractivity contribution in [3.05, 3.63) is 5.01 Å². The Kier molecular flexibility index (Phi) is 2.78. The van der Waals surface area contributed by atoms with Crippen LogP contribution in [0.3, 0.4) is 0 Å². The number of aryl methyl sites for hydroxylation is 1. The number of aromatic nitrogens is 2. The van der Waals surface area contributed by atoms with E-state index in [9.17, 15) is 4.79 Å². The molecule has 0 unspecified atom stereocenters. The van der Waals surface area contributed by atoms with Gasteiger partial charge in [0.1, 0.15) is 10.9 Å². The fraction of sp³-hybridized carbons (Fsp3) is 0.400.